The number of hydrogen-bond donors (Lipinski definition) is 2. The number of carbonyl (C=O) groups excluding carboxylic acids is 2. The van der Waals surface area contributed by atoms with Crippen molar-refractivity contribution in [2.45, 2.75) is 12.6 Å². The van der Waals surface area contributed by atoms with E-state index in [-0.39, 0.29) is 17.6 Å². The molecule has 2 unspecified atom stereocenters. The van der Waals surface area contributed by atoms with Gasteiger partial charge in [-0.25, -0.2) is 4.98 Å². The van der Waals surface area contributed by atoms with Gasteiger partial charge < -0.3 is 16.2 Å². The first-order valence-corrected chi connectivity index (χ1v) is 5.40. The molecule has 1 aliphatic rings. The molecule has 1 aliphatic heterocycles. The first kappa shape index (κ1) is 12.3. The summed E-state index contributed by atoms with van der Waals surface area (Å²) >= 11 is 0. The number of nitrogens with two attached hydrogens (primary N) is 2. The topological polar surface area (TPSA) is 111 Å². The highest BCUT2D eigenvalue weighted by atomic mass is 16.5. The van der Waals surface area contributed by atoms with Crippen LogP contribution in [-0.2, 0) is 11.3 Å². The molecule has 7 nitrogen and oxygen atoms in total. The molecule has 2 atom stereocenters. The summed E-state index contributed by atoms with van der Waals surface area (Å²) in [6, 6.07) is 3.02. The number of nitrogens with zero attached hydrogens (tertiary/aromatic N) is 2. The van der Waals surface area contributed by atoms with Gasteiger partial charge in [0.2, 0.25) is 11.8 Å². The van der Waals surface area contributed by atoms with Gasteiger partial charge in [0.1, 0.15) is 11.7 Å². The Kier molecular flexibility index (Phi) is 3.15. The molecular weight excluding hydrogens is 236 g/mol. The van der Waals surface area contributed by atoms with E-state index in [0.717, 1.165) is 5.56 Å². The highest BCUT2D eigenvalue weighted by molar-refractivity contribution is 5.90. The number of amides is 2. The Hall–Kier alpha value is -2.15. The Balaban J connectivity index is 2.14. The zero-order chi connectivity index (χ0) is 13.3. The van der Waals surface area contributed by atoms with Gasteiger partial charge in [-0.3, -0.25) is 14.5 Å². The maximum atomic E-state index is 11.0. The van der Waals surface area contributed by atoms with E-state index in [2.05, 4.69) is 4.98 Å². The van der Waals surface area contributed by atoms with Crippen molar-refractivity contribution in [2.75, 3.05) is 13.7 Å². The van der Waals surface area contributed by atoms with Crippen molar-refractivity contribution in [1.29, 1.82) is 0 Å². The number of ether oxygens (including phenoxy) is 1. The number of primary amides is 2. The second-order valence-electron chi connectivity index (χ2n) is 4.08. The summed E-state index contributed by atoms with van der Waals surface area (Å²) in [6.45, 7) is 1.14. The van der Waals surface area contributed by atoms with Gasteiger partial charge in [0.25, 0.3) is 5.91 Å². The standard InChI is InChI=1S/C11H14N4O3/c1-18-11-6(2-3-7(14-11)9(12)16)4-15-5-8(15)10(13)17/h2-3,8H,4-5H2,1H3,(H2,12,16)(H2,13,17). The number of carbonyl (C=O) groups is 2. The Morgan fingerprint density at radius 2 is 2.22 bits per heavy atom. The van der Waals surface area contributed by atoms with Crippen molar-refractivity contribution in [1.82, 2.24) is 9.88 Å². The Morgan fingerprint density at radius 1 is 1.50 bits per heavy atom. The highest BCUT2D eigenvalue weighted by Crippen LogP contribution is 2.25. The fraction of sp³-hybridized carbons (Fsp3) is 0.364. The lowest BCUT2D eigenvalue weighted by Crippen LogP contribution is -2.21. The summed E-state index contributed by atoms with van der Waals surface area (Å²) in [4.78, 5) is 27.8. The number of hydrogen-bond acceptors (Lipinski definition) is 5. The lowest BCUT2D eigenvalue weighted by atomic mass is 10.2. The van der Waals surface area contributed by atoms with Gasteiger partial charge >= 0.3 is 0 Å². The molecule has 0 saturated carbocycles. The molecule has 0 aliphatic carbocycles. The fourth-order valence-corrected chi connectivity index (χ4v) is 1.74. The first-order valence-electron chi connectivity index (χ1n) is 5.40. The molecular formula is C11H14N4O3. The predicted octanol–water partition coefficient (Wildman–Crippen LogP) is -1.14. The van der Waals surface area contributed by atoms with Crippen LogP contribution in [0.25, 0.3) is 0 Å². The SMILES string of the molecule is COc1nc(C(N)=O)ccc1CN1CC1C(N)=O. The van der Waals surface area contributed by atoms with Crippen LogP contribution in [0, 0.1) is 0 Å². The molecule has 1 saturated heterocycles. The quantitative estimate of drug-likeness (QED) is 0.641. The number of pyridine rings is 1. The largest absolute Gasteiger partial charge is 0.481 e. The normalized spacial score (nSPS) is 21.4. The number of rotatable bonds is 5. The summed E-state index contributed by atoms with van der Waals surface area (Å²) in [5.74, 6) is -0.612. The average Bonchev–Trinajstić information content (AvgIpc) is 3.08. The molecule has 1 aromatic heterocycles. The predicted molar refractivity (Wildman–Crippen MR) is 62.7 cm³/mol. The molecule has 0 aromatic carbocycles. The summed E-state index contributed by atoms with van der Waals surface area (Å²) in [6.07, 6.45) is 0. The van der Waals surface area contributed by atoms with Crippen LogP contribution < -0.4 is 16.2 Å². The maximum Gasteiger partial charge on any atom is 0.267 e. The Labute approximate surface area is 104 Å². The summed E-state index contributed by atoms with van der Waals surface area (Å²) < 4.78 is 5.10. The van der Waals surface area contributed by atoms with Crippen molar-refractivity contribution in [3.8, 4) is 5.88 Å². The van der Waals surface area contributed by atoms with Crippen LogP contribution in [-0.4, -0.2) is 41.4 Å². The van der Waals surface area contributed by atoms with E-state index in [0.29, 0.717) is 19.0 Å². The number of methoxy groups -OCH3 is 1. The van der Waals surface area contributed by atoms with Crippen LogP contribution >= 0.6 is 0 Å². The molecule has 7 heteroatoms. The lowest BCUT2D eigenvalue weighted by Gasteiger charge is -2.09. The maximum absolute atomic E-state index is 11.0. The smallest absolute Gasteiger partial charge is 0.267 e. The van der Waals surface area contributed by atoms with Crippen molar-refractivity contribution >= 4 is 11.8 Å². The molecule has 2 rings (SSSR count). The Morgan fingerprint density at radius 3 is 2.72 bits per heavy atom. The van der Waals surface area contributed by atoms with Crippen LogP contribution in [0.15, 0.2) is 12.1 Å². The van der Waals surface area contributed by atoms with Crippen LogP contribution in [0.1, 0.15) is 16.1 Å². The third kappa shape index (κ3) is 2.40. The van der Waals surface area contributed by atoms with Crippen molar-refractivity contribution in [2.24, 2.45) is 11.5 Å². The summed E-state index contributed by atoms with van der Waals surface area (Å²) in [5.41, 5.74) is 11.3. The van der Waals surface area contributed by atoms with E-state index >= 15 is 0 Å². The van der Waals surface area contributed by atoms with Crippen LogP contribution in [0.5, 0.6) is 5.88 Å². The molecule has 1 aromatic rings. The average molecular weight is 250 g/mol. The molecule has 0 radical (unpaired) electrons. The van der Waals surface area contributed by atoms with E-state index < -0.39 is 5.91 Å². The van der Waals surface area contributed by atoms with E-state index in [9.17, 15) is 9.59 Å². The molecule has 0 spiro atoms. The van der Waals surface area contributed by atoms with Crippen molar-refractivity contribution < 1.29 is 14.3 Å². The molecule has 4 N–H and O–H groups in total. The van der Waals surface area contributed by atoms with Gasteiger partial charge in [-0.1, -0.05) is 0 Å². The molecule has 0 bridgehead atoms. The van der Waals surface area contributed by atoms with Gasteiger partial charge in [-0.15, -0.1) is 0 Å². The minimum atomic E-state index is -0.610. The third-order valence-corrected chi connectivity index (χ3v) is 2.80. The molecule has 18 heavy (non-hydrogen) atoms. The zero-order valence-electron chi connectivity index (χ0n) is 9.92. The summed E-state index contributed by atoms with van der Waals surface area (Å²) in [5, 5.41) is 0. The van der Waals surface area contributed by atoms with Crippen molar-refractivity contribution in [3.05, 3.63) is 23.4 Å². The lowest BCUT2D eigenvalue weighted by molar-refractivity contribution is -0.118. The van der Waals surface area contributed by atoms with Crippen LogP contribution in [0.2, 0.25) is 0 Å². The third-order valence-electron chi connectivity index (χ3n) is 2.80. The van der Waals surface area contributed by atoms with E-state index in [1.54, 1.807) is 6.07 Å². The fourth-order valence-electron chi connectivity index (χ4n) is 1.74. The van der Waals surface area contributed by atoms with Crippen LogP contribution in [0.4, 0.5) is 0 Å². The van der Waals surface area contributed by atoms with Gasteiger partial charge in [0.05, 0.1) is 7.11 Å². The van der Waals surface area contributed by atoms with Gasteiger partial charge in [0.15, 0.2) is 0 Å². The molecule has 2 amide bonds. The van der Waals surface area contributed by atoms with Crippen LogP contribution in [0.3, 0.4) is 0 Å². The zero-order valence-corrected chi connectivity index (χ0v) is 9.92. The Bertz CT molecular complexity index is 503. The molecule has 2 heterocycles. The number of aromatic nitrogens is 1. The van der Waals surface area contributed by atoms with Gasteiger partial charge in [-0.05, 0) is 12.1 Å². The molecule has 96 valence electrons. The van der Waals surface area contributed by atoms with Gasteiger partial charge in [0, 0.05) is 18.7 Å². The first-order chi connectivity index (χ1) is 8.52. The monoisotopic (exact) mass is 250 g/mol. The summed E-state index contributed by atoms with van der Waals surface area (Å²) in [7, 11) is 1.46. The van der Waals surface area contributed by atoms with E-state index in [1.165, 1.54) is 13.2 Å². The highest BCUT2D eigenvalue weighted by Gasteiger charge is 2.39. The van der Waals surface area contributed by atoms with E-state index in [1.807, 2.05) is 4.90 Å². The minimum Gasteiger partial charge on any atom is -0.481 e. The second kappa shape index (κ2) is 4.61. The minimum absolute atomic E-state index is 0.146. The van der Waals surface area contributed by atoms with Crippen molar-refractivity contribution in [3.63, 3.8) is 0 Å². The molecule has 1 fully saturated rings. The van der Waals surface area contributed by atoms with Gasteiger partial charge in [-0.2, -0.15) is 0 Å². The second-order valence-corrected chi connectivity index (χ2v) is 4.08. The van der Waals surface area contributed by atoms with E-state index in [4.69, 9.17) is 16.2 Å².